The summed E-state index contributed by atoms with van der Waals surface area (Å²) in [4.78, 5) is 24.1. The lowest BCUT2D eigenvalue weighted by Gasteiger charge is -2.08. The first-order chi connectivity index (χ1) is 11.6. The minimum absolute atomic E-state index is 0.326. The number of amides is 2. The molecule has 0 fully saturated rings. The Morgan fingerprint density at radius 1 is 1.25 bits per heavy atom. The van der Waals surface area contributed by atoms with Crippen LogP contribution in [0.15, 0.2) is 18.2 Å². The highest BCUT2D eigenvalue weighted by atomic mass is 32.1. The van der Waals surface area contributed by atoms with Crippen molar-refractivity contribution in [2.45, 2.75) is 6.92 Å². The number of hydrogen-bond acceptors (Lipinski definition) is 6. The number of anilines is 1. The third kappa shape index (κ3) is 4.15. The van der Waals surface area contributed by atoms with Crippen LogP contribution in [0.3, 0.4) is 0 Å². The number of nitrogens with one attached hydrogen (secondary N) is 2. The van der Waals surface area contributed by atoms with Crippen LogP contribution < -0.4 is 15.4 Å². The third-order valence-electron chi connectivity index (χ3n) is 3.15. The summed E-state index contributed by atoms with van der Waals surface area (Å²) in [5.74, 6) is 0.0410. The fourth-order valence-electron chi connectivity index (χ4n) is 2.11. The Morgan fingerprint density at radius 2 is 2.04 bits per heavy atom. The van der Waals surface area contributed by atoms with Crippen LogP contribution >= 0.6 is 11.3 Å². The van der Waals surface area contributed by atoms with Crippen molar-refractivity contribution in [2.24, 2.45) is 0 Å². The highest BCUT2D eigenvalue weighted by Crippen LogP contribution is 2.39. The summed E-state index contributed by atoms with van der Waals surface area (Å²) in [6, 6.07) is 5.05. The Hall–Kier alpha value is -2.32. The van der Waals surface area contributed by atoms with Gasteiger partial charge in [-0.3, -0.25) is 0 Å². The molecule has 1 heterocycles. The number of thiophene rings is 1. The highest BCUT2D eigenvalue weighted by Gasteiger charge is 2.20. The first-order valence-corrected chi connectivity index (χ1v) is 8.23. The maximum Gasteiger partial charge on any atom is 0.351 e. The summed E-state index contributed by atoms with van der Waals surface area (Å²) in [7, 11) is 2.90. The van der Waals surface area contributed by atoms with Crippen LogP contribution in [-0.2, 0) is 9.47 Å². The lowest BCUT2D eigenvalue weighted by atomic mass is 10.2. The molecule has 0 spiro atoms. The minimum atomic E-state index is -0.438. The number of urea groups is 1. The van der Waals surface area contributed by atoms with Crippen LogP contribution in [0.25, 0.3) is 10.1 Å². The molecular formula is C16H20N2O5S. The standard InChI is InChI=1S/C16H20N2O5S/c1-4-23-13-11-9-10(18-16(20)17-7-8-21-2)5-6-12(11)24-14(13)15(19)22-3/h5-6,9H,4,7-8H2,1-3H3,(H2,17,18,20). The Labute approximate surface area is 143 Å². The van der Waals surface area contributed by atoms with E-state index in [1.165, 1.54) is 18.4 Å². The van der Waals surface area contributed by atoms with Crippen molar-refractivity contribution in [1.29, 1.82) is 0 Å². The van der Waals surface area contributed by atoms with Crippen LogP contribution in [0.1, 0.15) is 16.6 Å². The van der Waals surface area contributed by atoms with Gasteiger partial charge in [-0.05, 0) is 25.1 Å². The Morgan fingerprint density at radius 3 is 2.71 bits per heavy atom. The van der Waals surface area contributed by atoms with Gasteiger partial charge in [0.15, 0.2) is 10.6 Å². The van der Waals surface area contributed by atoms with Gasteiger partial charge in [-0.1, -0.05) is 0 Å². The molecule has 24 heavy (non-hydrogen) atoms. The van der Waals surface area contributed by atoms with Crippen molar-refractivity contribution < 1.29 is 23.8 Å². The van der Waals surface area contributed by atoms with Gasteiger partial charge in [0.2, 0.25) is 0 Å². The first kappa shape index (κ1) is 18.0. The Balaban J connectivity index is 2.27. The SMILES string of the molecule is CCOc1c(C(=O)OC)sc2ccc(NC(=O)NCCOC)cc12. The normalized spacial score (nSPS) is 10.5. The van der Waals surface area contributed by atoms with Crippen LogP contribution in [0.4, 0.5) is 10.5 Å². The quantitative estimate of drug-likeness (QED) is 0.591. The van der Waals surface area contributed by atoms with Gasteiger partial charge in [0.1, 0.15) is 0 Å². The molecule has 0 unspecified atom stereocenters. The predicted molar refractivity (Wildman–Crippen MR) is 93.2 cm³/mol. The zero-order valence-corrected chi connectivity index (χ0v) is 14.6. The maximum absolute atomic E-state index is 11.9. The van der Waals surface area contributed by atoms with Crippen molar-refractivity contribution in [2.75, 3.05) is 39.3 Å². The molecule has 1 aromatic heterocycles. The first-order valence-electron chi connectivity index (χ1n) is 7.42. The van der Waals surface area contributed by atoms with E-state index in [0.717, 1.165) is 10.1 Å². The van der Waals surface area contributed by atoms with E-state index in [1.807, 2.05) is 13.0 Å². The summed E-state index contributed by atoms with van der Waals surface area (Å²) < 4.78 is 16.2. The fraction of sp³-hybridized carbons (Fsp3) is 0.375. The maximum atomic E-state index is 11.9. The summed E-state index contributed by atoms with van der Waals surface area (Å²) in [6.45, 7) is 3.12. The van der Waals surface area contributed by atoms with Gasteiger partial charge < -0.3 is 24.8 Å². The number of esters is 1. The second kappa shape index (κ2) is 8.51. The van der Waals surface area contributed by atoms with E-state index in [-0.39, 0.29) is 6.03 Å². The van der Waals surface area contributed by atoms with Gasteiger partial charge in [0.05, 0.1) is 20.3 Å². The number of carbonyl (C=O) groups is 2. The largest absolute Gasteiger partial charge is 0.491 e. The molecule has 0 saturated heterocycles. The molecule has 2 amide bonds. The smallest absolute Gasteiger partial charge is 0.351 e. The molecule has 1 aromatic carbocycles. The van der Waals surface area contributed by atoms with E-state index in [2.05, 4.69) is 10.6 Å². The van der Waals surface area contributed by atoms with E-state index < -0.39 is 5.97 Å². The van der Waals surface area contributed by atoms with Gasteiger partial charge in [-0.2, -0.15) is 0 Å². The van der Waals surface area contributed by atoms with E-state index in [0.29, 0.717) is 36.1 Å². The Kier molecular flexibility index (Phi) is 6.39. The van der Waals surface area contributed by atoms with Gasteiger partial charge >= 0.3 is 12.0 Å². The predicted octanol–water partition coefficient (Wildman–Crippen LogP) is 2.85. The van der Waals surface area contributed by atoms with Crippen molar-refractivity contribution in [3.05, 3.63) is 23.1 Å². The molecule has 0 aliphatic carbocycles. The lowest BCUT2D eigenvalue weighted by molar-refractivity contribution is 0.0602. The summed E-state index contributed by atoms with van der Waals surface area (Å²) >= 11 is 1.30. The molecule has 130 valence electrons. The molecule has 0 aliphatic rings. The third-order valence-corrected chi connectivity index (χ3v) is 4.28. The fourth-order valence-corrected chi connectivity index (χ4v) is 3.16. The molecular weight excluding hydrogens is 332 g/mol. The zero-order chi connectivity index (χ0) is 17.5. The second-order valence-corrected chi connectivity index (χ2v) is 5.82. The van der Waals surface area contributed by atoms with E-state index in [1.54, 1.807) is 19.2 Å². The number of benzene rings is 1. The molecule has 0 bridgehead atoms. The summed E-state index contributed by atoms with van der Waals surface area (Å²) in [5.41, 5.74) is 0.604. The van der Waals surface area contributed by atoms with Gasteiger partial charge in [0, 0.05) is 29.4 Å². The highest BCUT2D eigenvalue weighted by molar-refractivity contribution is 7.21. The molecule has 0 aliphatic heterocycles. The number of rotatable bonds is 7. The number of fused-ring (bicyclic) bond motifs is 1. The van der Waals surface area contributed by atoms with Crippen molar-refractivity contribution in [3.63, 3.8) is 0 Å². The van der Waals surface area contributed by atoms with Crippen molar-refractivity contribution >= 4 is 39.1 Å². The van der Waals surface area contributed by atoms with E-state index >= 15 is 0 Å². The van der Waals surface area contributed by atoms with Gasteiger partial charge in [0.25, 0.3) is 0 Å². The summed E-state index contributed by atoms with van der Waals surface area (Å²) in [6.07, 6.45) is 0. The molecule has 7 nitrogen and oxygen atoms in total. The molecule has 2 rings (SSSR count). The van der Waals surface area contributed by atoms with Crippen LogP contribution in [-0.4, -0.2) is 46.0 Å². The zero-order valence-electron chi connectivity index (χ0n) is 13.8. The average Bonchev–Trinajstić information content (AvgIpc) is 2.93. The summed E-state index contributed by atoms with van der Waals surface area (Å²) in [5, 5.41) is 6.18. The monoisotopic (exact) mass is 352 g/mol. The minimum Gasteiger partial charge on any atom is -0.491 e. The second-order valence-electron chi connectivity index (χ2n) is 4.77. The Bertz CT molecular complexity index is 729. The van der Waals surface area contributed by atoms with Crippen LogP contribution in [0.5, 0.6) is 5.75 Å². The number of ether oxygens (including phenoxy) is 3. The average molecular weight is 352 g/mol. The van der Waals surface area contributed by atoms with Gasteiger partial charge in [-0.25, -0.2) is 9.59 Å². The van der Waals surface area contributed by atoms with Crippen molar-refractivity contribution in [3.8, 4) is 5.75 Å². The number of carbonyl (C=O) groups excluding carboxylic acids is 2. The lowest BCUT2D eigenvalue weighted by Crippen LogP contribution is -2.31. The number of methoxy groups -OCH3 is 2. The van der Waals surface area contributed by atoms with Crippen LogP contribution in [0.2, 0.25) is 0 Å². The van der Waals surface area contributed by atoms with Crippen LogP contribution in [0, 0.1) is 0 Å². The molecule has 0 atom stereocenters. The van der Waals surface area contributed by atoms with Crippen molar-refractivity contribution in [1.82, 2.24) is 5.32 Å². The number of hydrogen-bond donors (Lipinski definition) is 2. The van der Waals surface area contributed by atoms with E-state index in [9.17, 15) is 9.59 Å². The van der Waals surface area contributed by atoms with Gasteiger partial charge in [-0.15, -0.1) is 11.3 Å². The molecule has 0 saturated carbocycles. The molecule has 2 aromatic rings. The molecule has 2 N–H and O–H groups in total. The topological polar surface area (TPSA) is 85.9 Å². The molecule has 0 radical (unpaired) electrons. The van der Waals surface area contributed by atoms with E-state index in [4.69, 9.17) is 14.2 Å². The molecule has 8 heteroatoms.